The molecule has 43 heavy (non-hydrogen) atoms. The molecule has 1 amide bonds. The highest BCUT2D eigenvalue weighted by Crippen LogP contribution is 2.52. The number of aryl methyl sites for hydroxylation is 1. The summed E-state index contributed by atoms with van der Waals surface area (Å²) in [6.07, 6.45) is 2.30. The van der Waals surface area contributed by atoms with Crippen molar-refractivity contribution in [2.45, 2.75) is 80.1 Å². The SMILES string of the molecule is CCOc1cc(C2C3=C(CC(C)(C)CC3=O)NC3=C2C(=O)CC(C)(C)C3)cc(Br)c1OCC(=O)Nc1cccc(C)c1C. The van der Waals surface area contributed by atoms with E-state index in [1.165, 1.54) is 0 Å². The maximum absolute atomic E-state index is 13.7. The van der Waals surface area contributed by atoms with E-state index in [0.717, 1.165) is 46.6 Å². The van der Waals surface area contributed by atoms with E-state index >= 15 is 0 Å². The van der Waals surface area contributed by atoms with Crippen LogP contribution in [0.1, 0.15) is 82.9 Å². The predicted octanol–water partition coefficient (Wildman–Crippen LogP) is 7.46. The third-order valence-corrected chi connectivity index (χ3v) is 9.20. The van der Waals surface area contributed by atoms with Crippen LogP contribution < -0.4 is 20.1 Å². The van der Waals surface area contributed by atoms with Gasteiger partial charge in [0.15, 0.2) is 29.7 Å². The third-order valence-electron chi connectivity index (χ3n) is 8.61. The van der Waals surface area contributed by atoms with Crippen LogP contribution >= 0.6 is 15.9 Å². The molecule has 1 heterocycles. The number of hydrogen-bond donors (Lipinski definition) is 2. The molecule has 5 rings (SSSR count). The quantitative estimate of drug-likeness (QED) is 0.324. The maximum Gasteiger partial charge on any atom is 0.262 e. The summed E-state index contributed by atoms with van der Waals surface area (Å²) in [5, 5.41) is 6.49. The molecule has 3 aliphatic rings. The first-order chi connectivity index (χ1) is 20.2. The number of ether oxygens (including phenoxy) is 2. The van der Waals surface area contributed by atoms with Gasteiger partial charge in [-0.1, -0.05) is 39.8 Å². The van der Waals surface area contributed by atoms with Crippen molar-refractivity contribution < 1.29 is 23.9 Å². The van der Waals surface area contributed by atoms with Crippen molar-refractivity contribution in [1.82, 2.24) is 5.32 Å². The molecule has 2 aromatic carbocycles. The summed E-state index contributed by atoms with van der Waals surface area (Å²) in [6, 6.07) is 9.52. The molecular weight excluding hydrogens is 608 g/mol. The standard InChI is InChI=1S/C35H41BrN2O5/c1-8-42-28-13-21(12-22(36)33(28)43-18-29(41)38-23-11-9-10-19(2)20(23)3)30-31-24(14-34(4,5)16-26(31)39)37-25-15-35(6,7)17-27(40)32(25)30/h9-13,30,37H,8,14-18H2,1-7H3,(H,38,41). The number of carbonyl (C=O) groups is 3. The molecule has 0 spiro atoms. The van der Waals surface area contributed by atoms with Gasteiger partial charge in [0.1, 0.15) is 0 Å². The number of hydrogen-bond acceptors (Lipinski definition) is 6. The normalized spacial score (nSPS) is 19.4. The molecule has 0 unspecified atom stereocenters. The Morgan fingerprint density at radius 1 is 0.953 bits per heavy atom. The average molecular weight is 650 g/mol. The first-order valence-electron chi connectivity index (χ1n) is 14.9. The summed E-state index contributed by atoms with van der Waals surface area (Å²) in [4.78, 5) is 40.3. The molecule has 0 bridgehead atoms. The van der Waals surface area contributed by atoms with Crippen LogP contribution in [-0.2, 0) is 14.4 Å². The number of anilines is 1. The minimum absolute atomic E-state index is 0.0606. The Morgan fingerprint density at radius 2 is 1.56 bits per heavy atom. The van der Waals surface area contributed by atoms with Crippen molar-refractivity contribution >= 4 is 39.1 Å². The Balaban J connectivity index is 1.52. The highest BCUT2D eigenvalue weighted by Gasteiger charge is 2.46. The fourth-order valence-corrected chi connectivity index (χ4v) is 7.16. The van der Waals surface area contributed by atoms with Crippen molar-refractivity contribution in [2.75, 3.05) is 18.5 Å². The van der Waals surface area contributed by atoms with Gasteiger partial charge in [-0.3, -0.25) is 14.4 Å². The van der Waals surface area contributed by atoms with Crippen LogP contribution in [0.4, 0.5) is 5.69 Å². The molecule has 0 atom stereocenters. The minimum Gasteiger partial charge on any atom is -0.490 e. The van der Waals surface area contributed by atoms with Crippen LogP contribution in [0.5, 0.6) is 11.5 Å². The van der Waals surface area contributed by atoms with Crippen LogP contribution in [0, 0.1) is 24.7 Å². The molecule has 0 aromatic heterocycles. The lowest BCUT2D eigenvalue weighted by Crippen LogP contribution is -2.42. The number of dihydropyridines is 1. The second-order valence-corrected chi connectivity index (χ2v) is 14.4. The van der Waals surface area contributed by atoms with E-state index in [0.29, 0.717) is 46.6 Å². The van der Waals surface area contributed by atoms with Gasteiger partial charge in [0.25, 0.3) is 5.91 Å². The van der Waals surface area contributed by atoms with Crippen molar-refractivity contribution in [2.24, 2.45) is 10.8 Å². The number of benzene rings is 2. The van der Waals surface area contributed by atoms with E-state index < -0.39 is 5.92 Å². The predicted molar refractivity (Wildman–Crippen MR) is 171 cm³/mol. The van der Waals surface area contributed by atoms with Crippen LogP contribution in [0.3, 0.4) is 0 Å². The number of amides is 1. The molecule has 2 aliphatic carbocycles. The summed E-state index contributed by atoms with van der Waals surface area (Å²) in [6.45, 7) is 14.4. The molecule has 228 valence electrons. The zero-order valence-electron chi connectivity index (χ0n) is 26.1. The number of halogens is 1. The van der Waals surface area contributed by atoms with Gasteiger partial charge in [-0.25, -0.2) is 0 Å². The van der Waals surface area contributed by atoms with Gasteiger partial charge < -0.3 is 20.1 Å². The Morgan fingerprint density at radius 3 is 2.14 bits per heavy atom. The van der Waals surface area contributed by atoms with E-state index in [1.807, 2.05) is 51.1 Å². The van der Waals surface area contributed by atoms with Gasteiger partial charge in [-0.15, -0.1) is 0 Å². The highest BCUT2D eigenvalue weighted by molar-refractivity contribution is 9.10. The van der Waals surface area contributed by atoms with Gasteiger partial charge in [0.05, 0.1) is 11.1 Å². The first kappa shape index (κ1) is 31.0. The van der Waals surface area contributed by atoms with Gasteiger partial charge in [0, 0.05) is 47.0 Å². The third kappa shape index (κ3) is 6.30. The van der Waals surface area contributed by atoms with Crippen LogP contribution in [0.2, 0.25) is 0 Å². The molecule has 0 saturated carbocycles. The van der Waals surface area contributed by atoms with Gasteiger partial charge >= 0.3 is 0 Å². The molecule has 2 aromatic rings. The van der Waals surface area contributed by atoms with Crippen molar-refractivity contribution in [1.29, 1.82) is 0 Å². The fourth-order valence-electron chi connectivity index (χ4n) is 6.59. The highest BCUT2D eigenvalue weighted by atomic mass is 79.9. The lowest BCUT2D eigenvalue weighted by atomic mass is 9.64. The van der Waals surface area contributed by atoms with E-state index in [9.17, 15) is 14.4 Å². The largest absolute Gasteiger partial charge is 0.490 e. The van der Waals surface area contributed by atoms with E-state index in [2.05, 4.69) is 54.3 Å². The second kappa shape index (κ2) is 11.6. The molecule has 8 heteroatoms. The molecule has 0 radical (unpaired) electrons. The van der Waals surface area contributed by atoms with Crippen molar-refractivity contribution in [3.8, 4) is 11.5 Å². The molecule has 0 fully saturated rings. The van der Waals surface area contributed by atoms with E-state index in [1.54, 1.807) is 0 Å². The van der Waals surface area contributed by atoms with Crippen LogP contribution in [0.25, 0.3) is 0 Å². The van der Waals surface area contributed by atoms with Crippen LogP contribution in [0.15, 0.2) is 57.3 Å². The maximum atomic E-state index is 13.7. The van der Waals surface area contributed by atoms with Gasteiger partial charge in [-0.2, -0.15) is 0 Å². The second-order valence-electron chi connectivity index (χ2n) is 13.6. The number of allylic oxidation sites excluding steroid dienone is 4. The smallest absolute Gasteiger partial charge is 0.262 e. The summed E-state index contributed by atoms with van der Waals surface area (Å²) in [5.74, 6) is 0.167. The summed E-state index contributed by atoms with van der Waals surface area (Å²) in [7, 11) is 0. The summed E-state index contributed by atoms with van der Waals surface area (Å²) >= 11 is 3.66. The van der Waals surface area contributed by atoms with E-state index in [-0.39, 0.29) is 34.9 Å². The van der Waals surface area contributed by atoms with Gasteiger partial charge in [0.2, 0.25) is 0 Å². The number of rotatable bonds is 7. The number of carbonyl (C=O) groups excluding carboxylic acids is 3. The zero-order valence-corrected chi connectivity index (χ0v) is 27.7. The summed E-state index contributed by atoms with van der Waals surface area (Å²) < 4.78 is 12.6. The van der Waals surface area contributed by atoms with Crippen molar-refractivity contribution in [3.05, 3.63) is 74.0 Å². The van der Waals surface area contributed by atoms with Gasteiger partial charge in [-0.05, 0) is 95.3 Å². The monoisotopic (exact) mass is 648 g/mol. The fraction of sp³-hybridized carbons (Fsp3) is 0.457. The van der Waals surface area contributed by atoms with E-state index in [4.69, 9.17) is 9.47 Å². The average Bonchev–Trinajstić information content (AvgIpc) is 2.88. The Bertz CT molecular complexity index is 1530. The number of nitrogens with one attached hydrogen (secondary N) is 2. The molecule has 7 nitrogen and oxygen atoms in total. The molecule has 2 N–H and O–H groups in total. The van der Waals surface area contributed by atoms with Crippen molar-refractivity contribution in [3.63, 3.8) is 0 Å². The minimum atomic E-state index is -0.504. The zero-order chi connectivity index (χ0) is 31.3. The Labute approximate surface area is 262 Å². The molecular formula is C35H41BrN2O5. The number of ketones is 2. The topological polar surface area (TPSA) is 93.7 Å². The Hall–Kier alpha value is -3.39. The molecule has 0 saturated heterocycles. The first-order valence-corrected chi connectivity index (χ1v) is 15.7. The van der Waals surface area contributed by atoms with Crippen LogP contribution in [-0.4, -0.2) is 30.7 Å². The Kier molecular flexibility index (Phi) is 8.38. The summed E-state index contributed by atoms with van der Waals surface area (Å²) in [5.41, 5.74) is 6.42. The lowest BCUT2D eigenvalue weighted by molar-refractivity contribution is -0.119. The number of Topliss-reactive ketones (excluding diaryl/α,β-unsaturated/α-hetero) is 2. The lowest BCUT2D eigenvalue weighted by Gasteiger charge is -2.44. The molecule has 1 aliphatic heterocycles.